The summed E-state index contributed by atoms with van der Waals surface area (Å²) in [5.74, 6) is 0. The SMILES string of the molecule is CC[Si]1(OC2CCCCC2)CCCCC1. The van der Waals surface area contributed by atoms with E-state index < -0.39 is 8.32 Å². The van der Waals surface area contributed by atoms with Crippen molar-refractivity contribution in [1.82, 2.24) is 0 Å². The van der Waals surface area contributed by atoms with Gasteiger partial charge in [-0.3, -0.25) is 0 Å². The molecular formula is C13H26OSi. The average Bonchev–Trinajstić information content (AvgIpc) is 2.32. The van der Waals surface area contributed by atoms with Crippen molar-refractivity contribution in [3.8, 4) is 0 Å². The maximum atomic E-state index is 6.61. The van der Waals surface area contributed by atoms with Crippen molar-refractivity contribution >= 4 is 8.32 Å². The Balaban J connectivity index is 1.87. The molecule has 1 heterocycles. The van der Waals surface area contributed by atoms with E-state index >= 15 is 0 Å². The van der Waals surface area contributed by atoms with Crippen LogP contribution in [0, 0.1) is 0 Å². The van der Waals surface area contributed by atoms with E-state index in [4.69, 9.17) is 4.43 Å². The first-order valence-electron chi connectivity index (χ1n) is 7.02. The normalized spacial score (nSPS) is 27.8. The van der Waals surface area contributed by atoms with E-state index in [-0.39, 0.29) is 0 Å². The predicted octanol–water partition coefficient (Wildman–Crippen LogP) is 4.49. The van der Waals surface area contributed by atoms with Crippen LogP contribution in [0.3, 0.4) is 0 Å². The summed E-state index contributed by atoms with van der Waals surface area (Å²) < 4.78 is 6.61. The lowest BCUT2D eigenvalue weighted by Gasteiger charge is -2.38. The summed E-state index contributed by atoms with van der Waals surface area (Å²) in [7, 11) is -1.24. The lowest BCUT2D eigenvalue weighted by molar-refractivity contribution is 0.139. The van der Waals surface area contributed by atoms with E-state index in [9.17, 15) is 0 Å². The molecule has 88 valence electrons. The van der Waals surface area contributed by atoms with Crippen LogP contribution < -0.4 is 0 Å². The topological polar surface area (TPSA) is 9.23 Å². The molecule has 0 amide bonds. The van der Waals surface area contributed by atoms with Gasteiger partial charge in [0.1, 0.15) is 0 Å². The van der Waals surface area contributed by atoms with Crippen molar-refractivity contribution < 1.29 is 4.43 Å². The maximum Gasteiger partial charge on any atom is 0.192 e. The van der Waals surface area contributed by atoms with Crippen LogP contribution in [0.1, 0.15) is 58.3 Å². The molecule has 1 saturated carbocycles. The molecule has 0 atom stereocenters. The predicted molar refractivity (Wildman–Crippen MR) is 67.7 cm³/mol. The standard InChI is InChI=1S/C13H26OSi/c1-2-15(11-7-4-8-12-15)14-13-9-5-3-6-10-13/h13H,2-12H2,1H3. The van der Waals surface area contributed by atoms with Gasteiger partial charge in [-0.15, -0.1) is 0 Å². The third-order valence-corrected chi connectivity index (χ3v) is 9.03. The molecule has 1 aliphatic carbocycles. The summed E-state index contributed by atoms with van der Waals surface area (Å²) in [5.41, 5.74) is 0. The summed E-state index contributed by atoms with van der Waals surface area (Å²) in [6.45, 7) is 2.38. The van der Waals surface area contributed by atoms with Gasteiger partial charge in [0.2, 0.25) is 0 Å². The van der Waals surface area contributed by atoms with Crippen LogP contribution in [0.25, 0.3) is 0 Å². The molecule has 0 bridgehead atoms. The van der Waals surface area contributed by atoms with Gasteiger partial charge in [-0.2, -0.15) is 0 Å². The quantitative estimate of drug-likeness (QED) is 0.645. The van der Waals surface area contributed by atoms with E-state index in [0.717, 1.165) is 0 Å². The molecule has 0 aromatic rings. The molecule has 0 spiro atoms. The highest BCUT2D eigenvalue weighted by Crippen LogP contribution is 2.35. The van der Waals surface area contributed by atoms with Crippen LogP contribution in [0.15, 0.2) is 0 Å². The second-order valence-electron chi connectivity index (χ2n) is 5.48. The smallest absolute Gasteiger partial charge is 0.192 e. The van der Waals surface area contributed by atoms with Crippen molar-refractivity contribution in [1.29, 1.82) is 0 Å². The molecule has 2 rings (SSSR count). The zero-order chi connectivity index (χ0) is 10.6. The fourth-order valence-corrected chi connectivity index (χ4v) is 7.38. The number of rotatable bonds is 3. The van der Waals surface area contributed by atoms with Gasteiger partial charge in [-0.05, 0) is 31.0 Å². The molecule has 0 unspecified atom stereocenters. The Labute approximate surface area is 95.7 Å². The van der Waals surface area contributed by atoms with Crippen molar-refractivity contribution in [2.75, 3.05) is 0 Å². The van der Waals surface area contributed by atoms with Crippen LogP contribution in [0.2, 0.25) is 18.1 Å². The molecule has 2 aliphatic rings. The van der Waals surface area contributed by atoms with Gasteiger partial charge in [0.15, 0.2) is 8.32 Å². The van der Waals surface area contributed by atoms with E-state index in [2.05, 4.69) is 6.92 Å². The Morgan fingerprint density at radius 2 is 1.53 bits per heavy atom. The van der Waals surface area contributed by atoms with Gasteiger partial charge < -0.3 is 4.43 Å². The van der Waals surface area contributed by atoms with Crippen LogP contribution in [0.4, 0.5) is 0 Å². The van der Waals surface area contributed by atoms with Crippen LogP contribution in [0.5, 0.6) is 0 Å². The van der Waals surface area contributed by atoms with Crippen molar-refractivity contribution in [3.05, 3.63) is 0 Å². The Hall–Kier alpha value is 0.177. The summed E-state index contributed by atoms with van der Waals surface area (Å²) in [6, 6.07) is 4.28. The Morgan fingerprint density at radius 1 is 0.933 bits per heavy atom. The van der Waals surface area contributed by atoms with Crippen LogP contribution in [-0.4, -0.2) is 14.4 Å². The molecule has 0 aromatic carbocycles. The maximum absolute atomic E-state index is 6.61. The highest BCUT2D eigenvalue weighted by Gasteiger charge is 2.36. The fourth-order valence-electron chi connectivity index (χ4n) is 3.29. The van der Waals surface area contributed by atoms with Crippen molar-refractivity contribution in [3.63, 3.8) is 0 Å². The van der Waals surface area contributed by atoms with Crippen molar-refractivity contribution in [2.24, 2.45) is 0 Å². The van der Waals surface area contributed by atoms with Crippen LogP contribution in [-0.2, 0) is 4.43 Å². The first-order chi connectivity index (χ1) is 7.35. The highest BCUT2D eigenvalue weighted by molar-refractivity contribution is 6.73. The minimum atomic E-state index is -1.24. The van der Waals surface area contributed by atoms with Gasteiger partial charge in [0.25, 0.3) is 0 Å². The summed E-state index contributed by atoms with van der Waals surface area (Å²) in [4.78, 5) is 0. The Kier molecular flexibility index (Phi) is 4.27. The summed E-state index contributed by atoms with van der Waals surface area (Å²) >= 11 is 0. The van der Waals surface area contributed by atoms with Gasteiger partial charge in [-0.1, -0.05) is 45.4 Å². The lowest BCUT2D eigenvalue weighted by Crippen LogP contribution is -2.43. The molecule has 0 radical (unpaired) electrons. The second kappa shape index (κ2) is 5.49. The molecular weight excluding hydrogens is 200 g/mol. The molecule has 15 heavy (non-hydrogen) atoms. The van der Waals surface area contributed by atoms with Crippen molar-refractivity contribution in [2.45, 2.75) is 82.5 Å². The third kappa shape index (κ3) is 3.07. The monoisotopic (exact) mass is 226 g/mol. The van der Waals surface area contributed by atoms with E-state index in [1.54, 1.807) is 0 Å². The molecule has 2 heteroatoms. The number of hydrogen-bond acceptors (Lipinski definition) is 1. The zero-order valence-corrected chi connectivity index (χ0v) is 11.3. The number of hydrogen-bond donors (Lipinski definition) is 0. The first-order valence-corrected chi connectivity index (χ1v) is 9.55. The minimum Gasteiger partial charge on any atom is -0.414 e. The van der Waals surface area contributed by atoms with E-state index in [1.807, 2.05) is 0 Å². The third-order valence-electron chi connectivity index (χ3n) is 4.38. The molecule has 0 N–H and O–H groups in total. The first kappa shape index (κ1) is 11.7. The van der Waals surface area contributed by atoms with Gasteiger partial charge in [0, 0.05) is 6.10 Å². The lowest BCUT2D eigenvalue weighted by atomic mass is 9.98. The second-order valence-corrected chi connectivity index (χ2v) is 9.78. The van der Waals surface area contributed by atoms with Gasteiger partial charge in [0.05, 0.1) is 0 Å². The zero-order valence-electron chi connectivity index (χ0n) is 10.3. The highest BCUT2D eigenvalue weighted by atomic mass is 28.4. The molecule has 1 nitrogen and oxygen atoms in total. The Bertz CT molecular complexity index is 181. The molecule has 1 aliphatic heterocycles. The largest absolute Gasteiger partial charge is 0.414 e. The Morgan fingerprint density at radius 3 is 2.13 bits per heavy atom. The van der Waals surface area contributed by atoms with Crippen LogP contribution >= 0.6 is 0 Å². The summed E-state index contributed by atoms with van der Waals surface area (Å²) in [6.07, 6.45) is 12.0. The van der Waals surface area contributed by atoms with E-state index in [0.29, 0.717) is 6.10 Å². The molecule has 0 aromatic heterocycles. The molecule has 1 saturated heterocycles. The van der Waals surface area contributed by atoms with E-state index in [1.165, 1.54) is 69.5 Å². The summed E-state index contributed by atoms with van der Waals surface area (Å²) in [5, 5.41) is 0. The fraction of sp³-hybridized carbons (Fsp3) is 1.00. The average molecular weight is 226 g/mol. The molecule has 2 fully saturated rings. The van der Waals surface area contributed by atoms with Gasteiger partial charge in [-0.25, -0.2) is 0 Å². The minimum absolute atomic E-state index is 0.656. The van der Waals surface area contributed by atoms with Gasteiger partial charge >= 0.3 is 0 Å².